The monoisotopic (exact) mass is 423 g/mol. The van der Waals surface area contributed by atoms with Gasteiger partial charge in [-0.15, -0.1) is 0 Å². The lowest BCUT2D eigenvalue weighted by molar-refractivity contribution is -0.118. The van der Waals surface area contributed by atoms with Gasteiger partial charge in [0.15, 0.2) is 5.78 Å². The quantitative estimate of drug-likeness (QED) is 0.400. The Morgan fingerprint density at radius 3 is 2.39 bits per heavy atom. The first kappa shape index (κ1) is 22.2. The molecule has 1 aromatic carbocycles. The summed E-state index contributed by atoms with van der Waals surface area (Å²) in [5.74, 6) is -1.34. The van der Waals surface area contributed by atoms with Crippen molar-refractivity contribution in [2.24, 2.45) is 0 Å². The Morgan fingerprint density at radius 1 is 1.00 bits per heavy atom. The number of hydrogen-bond acceptors (Lipinski definition) is 4. The molecule has 0 aliphatic carbocycles. The van der Waals surface area contributed by atoms with Crippen molar-refractivity contribution in [2.75, 3.05) is 11.9 Å². The molecule has 0 aliphatic rings. The number of pyridine rings is 2. The van der Waals surface area contributed by atoms with Crippen LogP contribution in [0.3, 0.4) is 0 Å². The van der Waals surface area contributed by atoms with E-state index in [1.165, 1.54) is 23.4 Å². The van der Waals surface area contributed by atoms with Gasteiger partial charge in [0.25, 0.3) is 0 Å². The number of benzene rings is 1. The second-order valence-electron chi connectivity index (χ2n) is 7.22. The third-order valence-electron chi connectivity index (χ3n) is 5.19. The number of nitrogens with zero attached hydrogens (tertiary/aromatic N) is 3. The van der Waals surface area contributed by atoms with Crippen LogP contribution < -0.4 is 4.90 Å². The summed E-state index contributed by atoms with van der Waals surface area (Å²) in [5.41, 5.74) is 3.01. The minimum absolute atomic E-state index is 0.145. The van der Waals surface area contributed by atoms with E-state index < -0.39 is 11.8 Å². The molecule has 31 heavy (non-hydrogen) atoms. The molecule has 0 saturated carbocycles. The first-order valence-electron chi connectivity index (χ1n) is 9.97. The number of rotatable bonds is 7. The Bertz CT molecular complexity index is 1100. The van der Waals surface area contributed by atoms with Crippen molar-refractivity contribution in [1.29, 1.82) is 0 Å². The first-order chi connectivity index (χ1) is 14.8. The number of Topliss-reactive ketones (excluding diaryl/α,β-unsaturated/α-hetero) is 1. The van der Waals surface area contributed by atoms with Gasteiger partial charge in [-0.05, 0) is 48.2 Å². The van der Waals surface area contributed by atoms with Crippen LogP contribution in [0.25, 0.3) is 11.1 Å². The maximum absolute atomic E-state index is 14.9. The molecule has 1 amide bonds. The lowest BCUT2D eigenvalue weighted by Gasteiger charge is -2.19. The van der Waals surface area contributed by atoms with Crippen molar-refractivity contribution in [3.8, 4) is 11.1 Å². The summed E-state index contributed by atoms with van der Waals surface area (Å²) < 4.78 is 27.8. The van der Waals surface area contributed by atoms with Crippen LogP contribution >= 0.6 is 0 Å². The fourth-order valence-electron chi connectivity index (χ4n) is 3.27. The summed E-state index contributed by atoms with van der Waals surface area (Å²) >= 11 is 0. The average Bonchev–Trinajstić information content (AvgIpc) is 2.79. The third-order valence-corrected chi connectivity index (χ3v) is 5.19. The molecular formula is C24H23F2N3O2. The molecule has 2 heterocycles. The van der Waals surface area contributed by atoms with Gasteiger partial charge in [0, 0.05) is 37.8 Å². The minimum atomic E-state index is -0.560. The second-order valence-corrected chi connectivity index (χ2v) is 7.22. The van der Waals surface area contributed by atoms with E-state index in [0.717, 1.165) is 5.56 Å². The number of carbonyl (C=O) groups is 2. The summed E-state index contributed by atoms with van der Waals surface area (Å²) in [6.45, 7) is 3.37. The normalized spacial score (nSPS) is 10.7. The number of hydrogen-bond donors (Lipinski definition) is 0. The molecule has 0 unspecified atom stereocenters. The fourth-order valence-corrected chi connectivity index (χ4v) is 3.27. The highest BCUT2D eigenvalue weighted by Gasteiger charge is 2.18. The Balaban J connectivity index is 1.74. The van der Waals surface area contributed by atoms with E-state index in [2.05, 4.69) is 9.97 Å². The van der Waals surface area contributed by atoms with E-state index in [1.807, 2.05) is 0 Å². The van der Waals surface area contributed by atoms with Crippen LogP contribution in [0.15, 0.2) is 48.8 Å². The highest BCUT2D eigenvalue weighted by molar-refractivity contribution is 5.95. The molecule has 0 N–H and O–H groups in total. The molecule has 160 valence electrons. The zero-order valence-corrected chi connectivity index (χ0v) is 17.7. The number of amides is 1. The van der Waals surface area contributed by atoms with Gasteiger partial charge in [0.1, 0.15) is 11.5 Å². The van der Waals surface area contributed by atoms with Crippen molar-refractivity contribution < 1.29 is 18.4 Å². The van der Waals surface area contributed by atoms with Crippen molar-refractivity contribution >= 4 is 17.4 Å². The summed E-state index contributed by atoms with van der Waals surface area (Å²) in [6.07, 6.45) is 3.89. The van der Waals surface area contributed by atoms with Crippen LogP contribution in [0, 0.1) is 18.7 Å². The molecule has 5 nitrogen and oxygen atoms in total. The standard InChI is InChI=1S/C24H23F2N3O2/c1-4-23(31)29(3)20-10-8-18(15(2)24(20)26)17-7-9-19(27-14-17)21(30)11-5-16-6-12-22(25)28-13-16/h6-10,12-14H,4-5,11H2,1-3H3. The summed E-state index contributed by atoms with van der Waals surface area (Å²) in [6, 6.07) is 9.50. The molecule has 3 aromatic rings. The zero-order chi connectivity index (χ0) is 22.5. The van der Waals surface area contributed by atoms with Crippen LogP contribution in [0.2, 0.25) is 0 Å². The maximum atomic E-state index is 14.9. The lowest BCUT2D eigenvalue weighted by Crippen LogP contribution is -2.26. The Kier molecular flexibility index (Phi) is 6.84. The molecular weight excluding hydrogens is 400 g/mol. The van der Waals surface area contributed by atoms with Gasteiger partial charge in [-0.3, -0.25) is 14.6 Å². The minimum Gasteiger partial charge on any atom is -0.313 e. The molecule has 0 spiro atoms. The Hall–Kier alpha value is -3.48. The Labute approximate surface area is 179 Å². The van der Waals surface area contributed by atoms with Gasteiger partial charge in [-0.1, -0.05) is 25.1 Å². The van der Waals surface area contributed by atoms with Crippen molar-refractivity contribution in [2.45, 2.75) is 33.1 Å². The van der Waals surface area contributed by atoms with Crippen LogP contribution in [0.5, 0.6) is 0 Å². The van der Waals surface area contributed by atoms with E-state index in [0.29, 0.717) is 28.8 Å². The zero-order valence-electron chi connectivity index (χ0n) is 17.7. The van der Waals surface area contributed by atoms with Crippen LogP contribution in [-0.4, -0.2) is 28.7 Å². The fraction of sp³-hybridized carbons (Fsp3) is 0.250. The molecule has 0 aliphatic heterocycles. The van der Waals surface area contributed by atoms with Crippen LogP contribution in [0.4, 0.5) is 14.5 Å². The summed E-state index contributed by atoms with van der Waals surface area (Å²) in [7, 11) is 1.55. The van der Waals surface area contributed by atoms with E-state index >= 15 is 0 Å². The first-order valence-corrected chi connectivity index (χ1v) is 9.97. The number of ketones is 1. The summed E-state index contributed by atoms with van der Waals surface area (Å²) in [4.78, 5) is 33.4. The van der Waals surface area contributed by atoms with Crippen molar-refractivity contribution in [3.63, 3.8) is 0 Å². The number of anilines is 1. The second kappa shape index (κ2) is 9.55. The topological polar surface area (TPSA) is 63.2 Å². The third kappa shape index (κ3) is 4.99. The maximum Gasteiger partial charge on any atom is 0.226 e. The molecule has 0 atom stereocenters. The van der Waals surface area contributed by atoms with Gasteiger partial charge >= 0.3 is 0 Å². The average molecular weight is 423 g/mol. The predicted molar refractivity (Wildman–Crippen MR) is 115 cm³/mol. The number of aryl methyl sites for hydroxylation is 1. The number of carbonyl (C=O) groups excluding carboxylic acids is 2. The van der Waals surface area contributed by atoms with Gasteiger partial charge < -0.3 is 4.90 Å². The number of aromatic nitrogens is 2. The van der Waals surface area contributed by atoms with E-state index in [1.54, 1.807) is 51.2 Å². The van der Waals surface area contributed by atoms with E-state index in [-0.39, 0.29) is 30.2 Å². The van der Waals surface area contributed by atoms with Crippen LogP contribution in [0.1, 0.15) is 41.4 Å². The number of halogens is 2. The summed E-state index contributed by atoms with van der Waals surface area (Å²) in [5, 5.41) is 0. The largest absolute Gasteiger partial charge is 0.313 e. The Morgan fingerprint density at radius 2 is 1.77 bits per heavy atom. The highest BCUT2D eigenvalue weighted by atomic mass is 19.1. The van der Waals surface area contributed by atoms with Crippen molar-refractivity contribution in [1.82, 2.24) is 9.97 Å². The van der Waals surface area contributed by atoms with E-state index in [9.17, 15) is 18.4 Å². The smallest absolute Gasteiger partial charge is 0.226 e. The molecule has 2 aromatic heterocycles. The van der Waals surface area contributed by atoms with Gasteiger partial charge in [-0.25, -0.2) is 9.37 Å². The molecule has 0 bridgehead atoms. The van der Waals surface area contributed by atoms with Gasteiger partial charge in [-0.2, -0.15) is 4.39 Å². The molecule has 3 rings (SSSR count). The molecule has 0 fully saturated rings. The lowest BCUT2D eigenvalue weighted by atomic mass is 9.99. The van der Waals surface area contributed by atoms with Gasteiger partial charge in [0.05, 0.1) is 5.69 Å². The molecule has 7 heteroatoms. The highest BCUT2D eigenvalue weighted by Crippen LogP contribution is 2.31. The van der Waals surface area contributed by atoms with Gasteiger partial charge in [0.2, 0.25) is 11.9 Å². The molecule has 0 saturated heterocycles. The predicted octanol–water partition coefficient (Wildman–Crippen LogP) is 4.92. The van der Waals surface area contributed by atoms with Crippen molar-refractivity contribution in [3.05, 3.63) is 77.4 Å². The van der Waals surface area contributed by atoms with E-state index in [4.69, 9.17) is 0 Å². The molecule has 0 radical (unpaired) electrons. The van der Waals surface area contributed by atoms with Crippen LogP contribution in [-0.2, 0) is 11.2 Å². The SMILES string of the molecule is CCC(=O)N(C)c1ccc(-c2ccc(C(=O)CCc3ccc(F)nc3)nc2)c(C)c1F.